The Morgan fingerprint density at radius 3 is 1.43 bits per heavy atom. The van der Waals surface area contributed by atoms with Crippen LogP contribution in [0.1, 0.15) is 226 Å². The topological polar surface area (TPSA) is 131 Å². The number of phosphoric ester groups is 1. The molecule has 5 N–H and O–H groups in total. The van der Waals surface area contributed by atoms with Gasteiger partial charge in [-0.25, -0.2) is 4.57 Å². The van der Waals surface area contributed by atoms with E-state index in [0.29, 0.717) is 12.8 Å². The molecule has 0 radical (unpaired) electrons. The summed E-state index contributed by atoms with van der Waals surface area (Å²) in [5, 5.41) is 13.8. The highest BCUT2D eigenvalue weighted by Crippen LogP contribution is 2.43. The Bertz CT molecular complexity index is 974. The van der Waals surface area contributed by atoms with Crippen LogP contribution in [0.4, 0.5) is 0 Å². The normalized spacial score (nSPS) is 14.3. The highest BCUT2D eigenvalue weighted by atomic mass is 31.2. The number of nitrogens with two attached hydrogens (primary N) is 1. The van der Waals surface area contributed by atoms with Crippen molar-refractivity contribution < 1.29 is 28.4 Å². The van der Waals surface area contributed by atoms with Crippen molar-refractivity contribution in [1.82, 2.24) is 5.32 Å². The van der Waals surface area contributed by atoms with Crippen LogP contribution < -0.4 is 11.1 Å². The fraction of sp³-hybridized carbons (Fsp3) is 0.851. The molecule has 8 nitrogen and oxygen atoms in total. The molecule has 0 aliphatic heterocycles. The van der Waals surface area contributed by atoms with Crippen molar-refractivity contribution in [2.24, 2.45) is 5.73 Å². The number of hydrogen-bond donors (Lipinski definition) is 4. The molecule has 0 saturated heterocycles. The molecule has 0 aliphatic carbocycles. The van der Waals surface area contributed by atoms with Crippen molar-refractivity contribution in [3.63, 3.8) is 0 Å². The molecule has 0 aromatic rings. The highest BCUT2D eigenvalue weighted by Gasteiger charge is 2.27. The summed E-state index contributed by atoms with van der Waals surface area (Å²) in [5.41, 5.74) is 5.39. The summed E-state index contributed by atoms with van der Waals surface area (Å²) in [4.78, 5) is 22.8. The second-order valence-corrected chi connectivity index (χ2v) is 17.4. The van der Waals surface area contributed by atoms with Crippen LogP contribution in [0.5, 0.6) is 0 Å². The zero-order chi connectivity index (χ0) is 41.1. The molecule has 0 aromatic heterocycles. The predicted octanol–water partition coefficient (Wildman–Crippen LogP) is 13.5. The van der Waals surface area contributed by atoms with E-state index in [1.807, 2.05) is 0 Å². The summed E-state index contributed by atoms with van der Waals surface area (Å²) in [7, 11) is -4.32. The molecule has 0 saturated carbocycles. The maximum Gasteiger partial charge on any atom is 0.472 e. The van der Waals surface area contributed by atoms with Gasteiger partial charge in [-0.1, -0.05) is 204 Å². The van der Waals surface area contributed by atoms with E-state index in [1.54, 1.807) is 0 Å². The zero-order valence-corrected chi connectivity index (χ0v) is 37.5. The molecular weight excluding hydrogens is 719 g/mol. The first-order valence-corrected chi connectivity index (χ1v) is 25.1. The number of carbonyl (C=O) groups excluding carboxylic acids is 1. The van der Waals surface area contributed by atoms with E-state index in [-0.39, 0.29) is 25.7 Å². The monoisotopic (exact) mass is 811 g/mol. The number of nitrogens with one attached hydrogen (secondary N) is 1. The van der Waals surface area contributed by atoms with Gasteiger partial charge < -0.3 is 21.1 Å². The van der Waals surface area contributed by atoms with Gasteiger partial charge in [0.25, 0.3) is 0 Å². The van der Waals surface area contributed by atoms with Crippen molar-refractivity contribution in [1.29, 1.82) is 0 Å². The molecular formula is C47H91N2O6P. The number of phosphoric acid groups is 1. The summed E-state index contributed by atoms with van der Waals surface area (Å²) >= 11 is 0. The van der Waals surface area contributed by atoms with Gasteiger partial charge in [0.15, 0.2) is 0 Å². The van der Waals surface area contributed by atoms with Gasteiger partial charge in [0.05, 0.1) is 25.4 Å². The van der Waals surface area contributed by atoms with Gasteiger partial charge in [0, 0.05) is 13.0 Å². The first-order chi connectivity index (χ1) is 27.4. The highest BCUT2D eigenvalue weighted by molar-refractivity contribution is 7.47. The van der Waals surface area contributed by atoms with Gasteiger partial charge >= 0.3 is 7.82 Å². The van der Waals surface area contributed by atoms with E-state index < -0.39 is 20.0 Å². The molecule has 0 rings (SSSR count). The lowest BCUT2D eigenvalue weighted by molar-refractivity contribution is -0.123. The number of amides is 1. The summed E-state index contributed by atoms with van der Waals surface area (Å²) in [5.74, 6) is -0.168. The first kappa shape index (κ1) is 54.7. The molecule has 56 heavy (non-hydrogen) atoms. The Balaban J connectivity index is 4.10. The maximum atomic E-state index is 12.8. The Morgan fingerprint density at radius 1 is 0.589 bits per heavy atom. The minimum Gasteiger partial charge on any atom is -0.391 e. The number of aliphatic hydroxyl groups is 1. The maximum absolute atomic E-state index is 12.8. The van der Waals surface area contributed by atoms with E-state index in [2.05, 4.69) is 55.6 Å². The van der Waals surface area contributed by atoms with Crippen molar-refractivity contribution in [2.45, 2.75) is 238 Å². The fourth-order valence-corrected chi connectivity index (χ4v) is 7.67. The molecule has 3 unspecified atom stereocenters. The van der Waals surface area contributed by atoms with E-state index in [1.165, 1.54) is 141 Å². The molecule has 0 spiro atoms. The van der Waals surface area contributed by atoms with E-state index in [4.69, 9.17) is 14.8 Å². The summed E-state index contributed by atoms with van der Waals surface area (Å²) < 4.78 is 22.2. The Labute approximate surface area is 346 Å². The Morgan fingerprint density at radius 2 is 0.982 bits per heavy atom. The average Bonchev–Trinajstić information content (AvgIpc) is 3.19. The third kappa shape index (κ3) is 40.9. The lowest BCUT2D eigenvalue weighted by atomic mass is 10.0. The van der Waals surface area contributed by atoms with Crippen molar-refractivity contribution in [3.05, 3.63) is 36.5 Å². The molecule has 0 aromatic carbocycles. The van der Waals surface area contributed by atoms with Crippen LogP contribution in [0.15, 0.2) is 36.5 Å². The summed E-state index contributed by atoms with van der Waals surface area (Å²) in [6.07, 6.45) is 51.5. The van der Waals surface area contributed by atoms with Crippen LogP contribution in [0.3, 0.4) is 0 Å². The van der Waals surface area contributed by atoms with Gasteiger partial charge in [-0.15, -0.1) is 0 Å². The number of hydrogen-bond acceptors (Lipinski definition) is 6. The minimum absolute atomic E-state index is 0.0870. The standard InChI is InChI=1S/C47H91N2O6P/c1-3-5-7-9-11-13-15-17-19-20-21-22-23-24-25-26-27-29-31-33-35-37-39-41-47(51)49-45(44-55-56(52,53)54-43-42-48)46(50)40-38-36-34-32-30-28-18-16-14-12-10-8-6-4-2/h15,17,20-21,23-24,45-46,50H,3-14,16,18-19,22,25-44,48H2,1-2H3,(H,49,51)(H,52,53)/b17-15-,21-20-,24-23-. The van der Waals surface area contributed by atoms with Gasteiger partial charge in [0.2, 0.25) is 5.91 Å². The molecule has 0 fully saturated rings. The quantitative estimate of drug-likeness (QED) is 0.0274. The van der Waals surface area contributed by atoms with Crippen LogP contribution in [-0.4, -0.2) is 47.8 Å². The predicted molar refractivity (Wildman–Crippen MR) is 240 cm³/mol. The lowest BCUT2D eigenvalue weighted by Crippen LogP contribution is -2.46. The van der Waals surface area contributed by atoms with Crippen LogP contribution >= 0.6 is 7.82 Å². The van der Waals surface area contributed by atoms with Gasteiger partial charge in [-0.2, -0.15) is 0 Å². The van der Waals surface area contributed by atoms with Crippen LogP contribution in [0.2, 0.25) is 0 Å². The third-order valence-electron chi connectivity index (χ3n) is 10.5. The van der Waals surface area contributed by atoms with Crippen molar-refractivity contribution in [2.75, 3.05) is 19.8 Å². The lowest BCUT2D eigenvalue weighted by Gasteiger charge is -2.25. The van der Waals surface area contributed by atoms with Gasteiger partial charge in [-0.05, 0) is 51.4 Å². The second kappa shape index (κ2) is 43.3. The second-order valence-electron chi connectivity index (χ2n) is 16.0. The van der Waals surface area contributed by atoms with Crippen LogP contribution in [0.25, 0.3) is 0 Å². The number of aliphatic hydroxyl groups excluding tert-OH is 1. The molecule has 330 valence electrons. The van der Waals surface area contributed by atoms with E-state index >= 15 is 0 Å². The third-order valence-corrected chi connectivity index (χ3v) is 11.5. The summed E-state index contributed by atoms with van der Waals surface area (Å²) in [6, 6.07) is -0.778. The number of unbranched alkanes of at least 4 members (excludes halogenated alkanes) is 26. The Hall–Kier alpha value is -1.28. The molecule has 3 atom stereocenters. The minimum atomic E-state index is -4.32. The smallest absolute Gasteiger partial charge is 0.391 e. The fourth-order valence-electron chi connectivity index (χ4n) is 6.91. The molecule has 0 aliphatic rings. The average molecular weight is 811 g/mol. The number of allylic oxidation sites excluding steroid dienone is 6. The van der Waals surface area contributed by atoms with Crippen LogP contribution in [0, 0.1) is 0 Å². The van der Waals surface area contributed by atoms with E-state index in [0.717, 1.165) is 57.8 Å². The van der Waals surface area contributed by atoms with Gasteiger partial charge in [0.1, 0.15) is 0 Å². The molecule has 9 heteroatoms. The van der Waals surface area contributed by atoms with Crippen LogP contribution in [-0.2, 0) is 18.4 Å². The van der Waals surface area contributed by atoms with Gasteiger partial charge in [-0.3, -0.25) is 13.8 Å². The first-order valence-electron chi connectivity index (χ1n) is 23.6. The largest absolute Gasteiger partial charge is 0.472 e. The zero-order valence-electron chi connectivity index (χ0n) is 36.6. The Kier molecular flexibility index (Phi) is 42.3. The van der Waals surface area contributed by atoms with Crippen molar-refractivity contribution >= 4 is 13.7 Å². The number of rotatable bonds is 44. The van der Waals surface area contributed by atoms with E-state index in [9.17, 15) is 19.4 Å². The summed E-state index contributed by atoms with van der Waals surface area (Å²) in [6.45, 7) is 4.20. The SMILES string of the molecule is CCCCCCC/C=C\C/C=C\C/C=C\CCCCCCCCCCC(=O)NC(COP(=O)(O)OCCN)C(O)CCCCCCCCCCCCCCCC. The molecule has 1 amide bonds. The molecule has 0 heterocycles. The van der Waals surface area contributed by atoms with Crippen molar-refractivity contribution in [3.8, 4) is 0 Å². The molecule has 0 bridgehead atoms. The number of carbonyl (C=O) groups is 1.